The summed E-state index contributed by atoms with van der Waals surface area (Å²) in [5.74, 6) is -1.99. The Bertz CT molecular complexity index is 1050. The number of anilines is 1. The Hall–Kier alpha value is -3.26. The van der Waals surface area contributed by atoms with Crippen molar-refractivity contribution in [2.24, 2.45) is 0 Å². The lowest BCUT2D eigenvalue weighted by atomic mass is 9.99. The minimum absolute atomic E-state index is 0.0410. The number of quaternary nitrogens is 1. The Morgan fingerprint density at radius 2 is 1.77 bits per heavy atom. The first-order valence-electron chi connectivity index (χ1n) is 12.0. The smallest absolute Gasteiger partial charge is 0.362 e. The van der Waals surface area contributed by atoms with Gasteiger partial charge >= 0.3 is 11.9 Å². The van der Waals surface area contributed by atoms with Crippen molar-refractivity contribution in [2.45, 2.75) is 52.2 Å². The van der Waals surface area contributed by atoms with E-state index in [0.717, 1.165) is 30.9 Å². The fraction of sp³-hybridized carbons (Fsp3) is 0.444. The zero-order valence-electron chi connectivity index (χ0n) is 20.6. The monoisotopic (exact) mass is 485 g/mol. The third-order valence-corrected chi connectivity index (χ3v) is 6.70. The molecule has 8 heteroatoms. The van der Waals surface area contributed by atoms with Crippen molar-refractivity contribution >= 4 is 23.5 Å². The van der Waals surface area contributed by atoms with Crippen LogP contribution in [0.2, 0.25) is 0 Å². The quantitative estimate of drug-likeness (QED) is 0.421. The number of carbonyl (C=O) groups is 3. The lowest BCUT2D eigenvalue weighted by molar-refractivity contribution is -0.940. The molecule has 1 saturated heterocycles. The average Bonchev–Trinajstić information content (AvgIpc) is 2.85. The molecule has 188 valence electrons. The highest BCUT2D eigenvalue weighted by Crippen LogP contribution is 2.29. The molecule has 0 radical (unpaired) electrons. The Morgan fingerprint density at radius 1 is 1.09 bits per heavy atom. The van der Waals surface area contributed by atoms with Crippen LogP contribution in [-0.2, 0) is 25.7 Å². The fourth-order valence-corrected chi connectivity index (χ4v) is 4.97. The van der Waals surface area contributed by atoms with Crippen LogP contribution >= 0.6 is 0 Å². The molecule has 1 heterocycles. The summed E-state index contributed by atoms with van der Waals surface area (Å²) in [4.78, 5) is 38.7. The van der Waals surface area contributed by atoms with Crippen LogP contribution in [0.15, 0.2) is 42.5 Å². The van der Waals surface area contributed by atoms with E-state index in [1.165, 1.54) is 13.2 Å². The molecule has 35 heavy (non-hydrogen) atoms. The van der Waals surface area contributed by atoms with Crippen molar-refractivity contribution in [3.05, 3.63) is 65.0 Å². The number of benzene rings is 2. The molecule has 0 aromatic heterocycles. The Balaban J connectivity index is 1.82. The highest BCUT2D eigenvalue weighted by atomic mass is 19.1. The normalized spacial score (nSPS) is 15.7. The summed E-state index contributed by atoms with van der Waals surface area (Å²) in [7, 11) is 1.21. The number of likely N-dealkylation sites (tertiary alicyclic amines) is 1. The molecule has 1 N–H and O–H groups in total. The molecular weight excluding hydrogens is 451 g/mol. The van der Waals surface area contributed by atoms with Gasteiger partial charge in [-0.2, -0.15) is 0 Å². The van der Waals surface area contributed by atoms with E-state index >= 15 is 0 Å². The number of hydrogen-bond acceptors (Lipinski definition) is 5. The molecule has 2 aromatic carbocycles. The number of rotatable bonds is 9. The van der Waals surface area contributed by atoms with Gasteiger partial charge in [-0.25, -0.2) is 14.0 Å². The maximum Gasteiger partial charge on any atom is 0.362 e. The summed E-state index contributed by atoms with van der Waals surface area (Å²) < 4.78 is 24.6. The summed E-state index contributed by atoms with van der Waals surface area (Å²) in [5.41, 5.74) is 1.50. The first-order chi connectivity index (χ1) is 16.8. The highest BCUT2D eigenvalue weighted by Gasteiger charge is 2.44. The number of esters is 2. The molecule has 7 nitrogen and oxygen atoms in total. The molecule has 1 aliphatic heterocycles. The molecule has 0 spiro atoms. The lowest BCUT2D eigenvalue weighted by Gasteiger charge is -2.45. The van der Waals surface area contributed by atoms with Crippen molar-refractivity contribution in [1.29, 1.82) is 0 Å². The number of aryl methyl sites for hydroxylation is 1. The maximum atomic E-state index is 14.0. The first kappa shape index (κ1) is 26.3. The van der Waals surface area contributed by atoms with Crippen LogP contribution in [0, 0.1) is 12.7 Å². The summed E-state index contributed by atoms with van der Waals surface area (Å²) in [6, 6.07) is 11.2. The highest BCUT2D eigenvalue weighted by molar-refractivity contribution is 6.03. The summed E-state index contributed by atoms with van der Waals surface area (Å²) in [5, 5.41) is 2.85. The van der Waals surface area contributed by atoms with Crippen LogP contribution in [0.3, 0.4) is 0 Å². The number of hydrogen-bond donors (Lipinski definition) is 1. The van der Waals surface area contributed by atoms with Crippen molar-refractivity contribution < 1.29 is 32.7 Å². The van der Waals surface area contributed by atoms with Crippen molar-refractivity contribution in [2.75, 3.05) is 32.1 Å². The van der Waals surface area contributed by atoms with Crippen LogP contribution in [0.25, 0.3) is 0 Å². The van der Waals surface area contributed by atoms with E-state index in [4.69, 9.17) is 9.47 Å². The van der Waals surface area contributed by atoms with Crippen LogP contribution < -0.4 is 5.32 Å². The average molecular weight is 486 g/mol. The van der Waals surface area contributed by atoms with Gasteiger partial charge in [0.05, 0.1) is 31.5 Å². The standard InChI is InChI=1S/C27H33FN2O5/c1-4-23(26(32)29-25-19(2)15-21(28)16-22(25)27(33)34-3)30(13-9-6-10-14-30)17-24(31)35-18-20-11-7-5-8-12-20/h5,7-8,11-12,15-16,23H,4,6,9-10,13-14,17-18H2,1-3H3/p+1. The third-order valence-electron chi connectivity index (χ3n) is 6.70. The van der Waals surface area contributed by atoms with Crippen molar-refractivity contribution in [3.8, 4) is 0 Å². The van der Waals surface area contributed by atoms with E-state index in [1.807, 2.05) is 37.3 Å². The van der Waals surface area contributed by atoms with Crippen LogP contribution in [-0.4, -0.2) is 55.1 Å². The number of carbonyl (C=O) groups excluding carboxylic acids is 3. The van der Waals surface area contributed by atoms with Gasteiger partial charge in [-0.05, 0) is 49.4 Å². The number of methoxy groups -OCH3 is 1. The van der Waals surface area contributed by atoms with Crippen molar-refractivity contribution in [1.82, 2.24) is 0 Å². The summed E-state index contributed by atoms with van der Waals surface area (Å²) in [6.07, 6.45) is 3.34. The molecule has 1 fully saturated rings. The number of halogens is 1. The van der Waals surface area contributed by atoms with E-state index in [-0.39, 0.29) is 36.3 Å². The molecule has 1 unspecified atom stereocenters. The minimum atomic E-state index is -0.734. The van der Waals surface area contributed by atoms with E-state index < -0.39 is 17.8 Å². The van der Waals surface area contributed by atoms with E-state index in [1.54, 1.807) is 6.92 Å². The van der Waals surface area contributed by atoms with Gasteiger partial charge in [0, 0.05) is 6.42 Å². The van der Waals surface area contributed by atoms with Gasteiger partial charge < -0.3 is 19.3 Å². The largest absolute Gasteiger partial charge is 0.465 e. The van der Waals surface area contributed by atoms with E-state index in [9.17, 15) is 18.8 Å². The van der Waals surface area contributed by atoms with Gasteiger partial charge in [0.25, 0.3) is 5.91 Å². The SMILES string of the molecule is CCC(C(=O)Nc1c(C)cc(F)cc1C(=O)OC)[N+]1(CC(=O)OCc2ccccc2)CCCCC1. The third kappa shape index (κ3) is 6.45. The fourth-order valence-electron chi connectivity index (χ4n) is 4.97. The first-order valence-corrected chi connectivity index (χ1v) is 12.0. The van der Waals surface area contributed by atoms with Crippen molar-refractivity contribution in [3.63, 3.8) is 0 Å². The number of nitrogens with one attached hydrogen (secondary N) is 1. The lowest BCUT2D eigenvalue weighted by Crippen LogP contribution is -2.63. The number of amides is 1. The molecule has 1 atom stereocenters. The maximum absolute atomic E-state index is 14.0. The second-order valence-electron chi connectivity index (χ2n) is 9.08. The zero-order valence-corrected chi connectivity index (χ0v) is 20.6. The van der Waals surface area contributed by atoms with Gasteiger partial charge in [0.1, 0.15) is 12.4 Å². The van der Waals surface area contributed by atoms with Gasteiger partial charge in [0.15, 0.2) is 12.6 Å². The zero-order chi connectivity index (χ0) is 25.4. The van der Waals surface area contributed by atoms with Gasteiger partial charge in [-0.3, -0.25) is 4.79 Å². The van der Waals surface area contributed by atoms with Crippen LogP contribution in [0.1, 0.15) is 54.1 Å². The summed E-state index contributed by atoms with van der Waals surface area (Å²) in [6.45, 7) is 5.16. The van der Waals surface area contributed by atoms with Gasteiger partial charge in [0.2, 0.25) is 0 Å². The Morgan fingerprint density at radius 3 is 2.40 bits per heavy atom. The van der Waals surface area contributed by atoms with E-state index in [2.05, 4.69) is 5.32 Å². The number of nitrogens with zero attached hydrogens (tertiary/aromatic N) is 1. The predicted molar refractivity (Wildman–Crippen MR) is 130 cm³/mol. The topological polar surface area (TPSA) is 81.7 Å². The molecule has 0 bridgehead atoms. The molecule has 0 aliphatic carbocycles. The van der Waals surface area contributed by atoms with Gasteiger partial charge in [-0.1, -0.05) is 37.3 Å². The number of ether oxygens (including phenoxy) is 2. The van der Waals surface area contributed by atoms with Crippen LogP contribution in [0.5, 0.6) is 0 Å². The summed E-state index contributed by atoms with van der Waals surface area (Å²) >= 11 is 0. The Labute approximate surface area is 205 Å². The van der Waals surface area contributed by atoms with Gasteiger partial charge in [-0.15, -0.1) is 0 Å². The molecule has 3 rings (SSSR count). The number of piperidine rings is 1. The molecule has 1 aliphatic rings. The second-order valence-corrected chi connectivity index (χ2v) is 9.08. The minimum Gasteiger partial charge on any atom is -0.465 e. The second kappa shape index (κ2) is 11.9. The Kier molecular flexibility index (Phi) is 8.98. The molecule has 0 saturated carbocycles. The molecular formula is C27H34FN2O5+. The van der Waals surface area contributed by atoms with Crippen LogP contribution in [0.4, 0.5) is 10.1 Å². The molecule has 2 aromatic rings. The predicted octanol–water partition coefficient (Wildman–Crippen LogP) is 4.38. The molecule has 1 amide bonds. The van der Waals surface area contributed by atoms with E-state index in [0.29, 0.717) is 29.6 Å².